The molecule has 1 aliphatic rings. The van der Waals surface area contributed by atoms with E-state index in [2.05, 4.69) is 46.5 Å². The molecule has 0 radical (unpaired) electrons. The Labute approximate surface area is 205 Å². The molecule has 0 spiro atoms. The summed E-state index contributed by atoms with van der Waals surface area (Å²) in [7, 11) is 0. The summed E-state index contributed by atoms with van der Waals surface area (Å²) in [6.07, 6.45) is 4.62. The zero-order chi connectivity index (χ0) is 24.2. The van der Waals surface area contributed by atoms with Crippen molar-refractivity contribution in [1.29, 1.82) is 0 Å². The Morgan fingerprint density at radius 2 is 1.97 bits per heavy atom. The summed E-state index contributed by atoms with van der Waals surface area (Å²) in [6, 6.07) is 16.9. The van der Waals surface area contributed by atoms with Gasteiger partial charge in [-0.1, -0.05) is 24.3 Å². The third-order valence-corrected chi connectivity index (χ3v) is 7.97. The molecule has 1 saturated heterocycles. The lowest BCUT2D eigenvalue weighted by Gasteiger charge is -2.38. The van der Waals surface area contributed by atoms with E-state index in [-0.39, 0.29) is 22.1 Å². The van der Waals surface area contributed by atoms with Gasteiger partial charge in [-0.3, -0.25) is 9.88 Å². The predicted molar refractivity (Wildman–Crippen MR) is 137 cm³/mol. The van der Waals surface area contributed by atoms with Crippen molar-refractivity contribution >= 4 is 23.1 Å². The van der Waals surface area contributed by atoms with E-state index >= 15 is 0 Å². The second-order valence-corrected chi connectivity index (χ2v) is 10.9. The first kappa shape index (κ1) is 24.4. The number of likely N-dealkylation sites (tertiary alicyclic amines) is 1. The maximum atomic E-state index is 13.6. The molecule has 1 aromatic carbocycles. The second-order valence-electron chi connectivity index (χ2n) is 9.80. The first-order valence-corrected chi connectivity index (χ1v) is 12.6. The molecule has 1 atom stereocenters. The molecular weight excluding hydrogens is 447 g/mol. The molecule has 3 heterocycles. The Kier molecular flexibility index (Phi) is 7.33. The molecule has 1 fully saturated rings. The van der Waals surface area contributed by atoms with E-state index in [1.54, 1.807) is 0 Å². The van der Waals surface area contributed by atoms with Gasteiger partial charge in [-0.25, -0.2) is 4.79 Å². The molecule has 5 nitrogen and oxygen atoms in total. The molecular formula is C27H33FN4OS. The minimum Gasteiger partial charge on any atom is -0.337 e. The molecule has 180 valence electrons. The quantitative estimate of drug-likeness (QED) is 0.417. The number of carbonyl (C=O) groups is 1. The van der Waals surface area contributed by atoms with Crippen molar-refractivity contribution in [3.63, 3.8) is 0 Å². The fourth-order valence-corrected chi connectivity index (χ4v) is 5.43. The number of pyridine rings is 1. The first-order chi connectivity index (χ1) is 16.3. The fourth-order valence-electron chi connectivity index (χ4n) is 4.70. The highest BCUT2D eigenvalue weighted by atomic mass is 32.1. The number of halogens is 1. The van der Waals surface area contributed by atoms with Gasteiger partial charge in [-0.15, -0.1) is 11.3 Å². The van der Waals surface area contributed by atoms with Crippen molar-refractivity contribution in [3.05, 3.63) is 82.1 Å². The zero-order valence-corrected chi connectivity index (χ0v) is 20.9. The Morgan fingerprint density at radius 1 is 1.18 bits per heavy atom. The summed E-state index contributed by atoms with van der Waals surface area (Å²) in [5.74, 6) is 0. The minimum atomic E-state index is -0.201. The lowest BCUT2D eigenvalue weighted by atomic mass is 9.81. The van der Waals surface area contributed by atoms with Crippen LogP contribution < -0.4 is 10.6 Å². The smallest absolute Gasteiger partial charge is 0.319 e. The number of amides is 2. The molecule has 0 saturated carbocycles. The lowest BCUT2D eigenvalue weighted by molar-refractivity contribution is 0.127. The average molecular weight is 481 g/mol. The van der Waals surface area contributed by atoms with Crippen LogP contribution in [0.2, 0.25) is 0 Å². The molecule has 2 aromatic heterocycles. The summed E-state index contributed by atoms with van der Waals surface area (Å²) in [6.45, 7) is 8.82. The summed E-state index contributed by atoms with van der Waals surface area (Å²) >= 11 is 1.21. The number of rotatable bonds is 8. The van der Waals surface area contributed by atoms with E-state index in [4.69, 9.17) is 0 Å². The molecule has 7 heteroatoms. The Bertz CT molecular complexity index is 1100. The third kappa shape index (κ3) is 5.83. The summed E-state index contributed by atoms with van der Waals surface area (Å²) in [5.41, 5.74) is 2.69. The van der Waals surface area contributed by atoms with E-state index < -0.39 is 0 Å². The predicted octanol–water partition coefficient (Wildman–Crippen LogP) is 5.97. The molecule has 3 aromatic rings. The summed E-state index contributed by atoms with van der Waals surface area (Å²) < 4.78 is 13.6. The van der Waals surface area contributed by atoms with Crippen molar-refractivity contribution in [2.24, 2.45) is 5.41 Å². The van der Waals surface area contributed by atoms with E-state index in [0.717, 1.165) is 48.6 Å². The van der Waals surface area contributed by atoms with Crippen molar-refractivity contribution in [3.8, 4) is 0 Å². The second kappa shape index (κ2) is 10.2. The van der Waals surface area contributed by atoms with Crippen LogP contribution in [0.5, 0.6) is 0 Å². The lowest BCUT2D eigenvalue weighted by Crippen LogP contribution is -2.45. The number of aromatic nitrogens is 1. The summed E-state index contributed by atoms with van der Waals surface area (Å²) in [5, 5.41) is 5.88. The molecule has 1 aliphatic heterocycles. The van der Waals surface area contributed by atoms with Crippen molar-refractivity contribution < 1.29 is 9.18 Å². The topological polar surface area (TPSA) is 57.3 Å². The Morgan fingerprint density at radius 3 is 2.65 bits per heavy atom. The number of anilines is 1. The van der Waals surface area contributed by atoms with Gasteiger partial charge in [0.25, 0.3) is 0 Å². The van der Waals surface area contributed by atoms with Crippen LogP contribution in [0, 0.1) is 17.5 Å². The van der Waals surface area contributed by atoms with Gasteiger partial charge in [-0.2, -0.15) is 4.39 Å². The van der Waals surface area contributed by atoms with Gasteiger partial charge >= 0.3 is 6.03 Å². The van der Waals surface area contributed by atoms with Crippen molar-refractivity contribution in [2.75, 3.05) is 25.0 Å². The number of para-hydroxylation sites is 1. The van der Waals surface area contributed by atoms with Gasteiger partial charge in [-0.05, 0) is 82.5 Å². The molecule has 34 heavy (non-hydrogen) atoms. The number of hydrogen-bond acceptors (Lipinski definition) is 4. The van der Waals surface area contributed by atoms with Gasteiger partial charge in [0.1, 0.15) is 0 Å². The van der Waals surface area contributed by atoms with Crippen LogP contribution in [-0.4, -0.2) is 35.5 Å². The highest BCUT2D eigenvalue weighted by Gasteiger charge is 2.43. The number of aryl methyl sites for hydroxylation is 2. The van der Waals surface area contributed by atoms with Crippen LogP contribution >= 0.6 is 11.3 Å². The van der Waals surface area contributed by atoms with Gasteiger partial charge in [0.15, 0.2) is 5.13 Å². The van der Waals surface area contributed by atoms with Crippen LogP contribution in [0.15, 0.2) is 60.8 Å². The van der Waals surface area contributed by atoms with Crippen molar-refractivity contribution in [1.82, 2.24) is 15.2 Å². The molecule has 1 unspecified atom stereocenters. The molecule has 4 rings (SSSR count). The van der Waals surface area contributed by atoms with E-state index in [0.29, 0.717) is 6.54 Å². The fraction of sp³-hybridized carbons (Fsp3) is 0.407. The van der Waals surface area contributed by atoms with E-state index in [1.165, 1.54) is 23.0 Å². The number of nitrogens with zero attached hydrogens (tertiary/aromatic N) is 2. The number of nitrogens with one attached hydrogen (secondary N) is 2. The molecule has 2 amide bonds. The summed E-state index contributed by atoms with van der Waals surface area (Å²) in [4.78, 5) is 20.7. The monoisotopic (exact) mass is 480 g/mol. The zero-order valence-electron chi connectivity index (χ0n) is 20.1. The van der Waals surface area contributed by atoms with Gasteiger partial charge in [0, 0.05) is 46.5 Å². The molecule has 0 bridgehead atoms. The number of hydrogen-bond donors (Lipinski definition) is 2. The number of thiophene rings is 1. The highest BCUT2D eigenvalue weighted by Crippen LogP contribution is 2.41. The SMILES string of the molecule is Cc1ccc(C(C)(C)N2CCC(CCc3ccc(F)s3)(CNC(=O)Nc3ccccc3)C2)cn1. The molecule has 0 aliphatic carbocycles. The van der Waals surface area contributed by atoms with Gasteiger partial charge in [0.2, 0.25) is 0 Å². The molecule has 2 N–H and O–H groups in total. The number of urea groups is 1. The third-order valence-electron chi connectivity index (χ3n) is 7.03. The Balaban J connectivity index is 1.47. The van der Waals surface area contributed by atoms with Crippen LogP contribution in [0.4, 0.5) is 14.9 Å². The maximum absolute atomic E-state index is 13.6. The van der Waals surface area contributed by atoms with Crippen molar-refractivity contribution in [2.45, 2.75) is 45.6 Å². The van der Waals surface area contributed by atoms with Crippen LogP contribution in [-0.2, 0) is 12.0 Å². The number of carbonyl (C=O) groups excluding carboxylic acids is 1. The standard InChI is InChI=1S/C27H33FN4OS/c1-20-9-10-21(17-29-20)26(2,3)32-16-15-27(19-32,14-13-23-11-12-24(28)34-23)18-30-25(33)31-22-7-5-4-6-8-22/h4-12,17H,13-16,18-19H2,1-3H3,(H2,30,31,33). The Hall–Kier alpha value is -2.77. The van der Waals surface area contributed by atoms with E-state index in [9.17, 15) is 9.18 Å². The normalized spacial score (nSPS) is 18.7. The van der Waals surface area contributed by atoms with Crippen LogP contribution in [0.3, 0.4) is 0 Å². The largest absolute Gasteiger partial charge is 0.337 e. The van der Waals surface area contributed by atoms with Gasteiger partial charge < -0.3 is 10.6 Å². The number of benzene rings is 1. The van der Waals surface area contributed by atoms with Crippen LogP contribution in [0.1, 0.15) is 42.8 Å². The highest BCUT2D eigenvalue weighted by molar-refractivity contribution is 7.10. The van der Waals surface area contributed by atoms with E-state index in [1.807, 2.05) is 49.5 Å². The first-order valence-electron chi connectivity index (χ1n) is 11.8. The minimum absolute atomic E-state index is 0.0934. The van der Waals surface area contributed by atoms with Crippen LogP contribution in [0.25, 0.3) is 0 Å². The maximum Gasteiger partial charge on any atom is 0.319 e. The average Bonchev–Trinajstić information content (AvgIpc) is 3.45. The van der Waals surface area contributed by atoms with Gasteiger partial charge in [0.05, 0.1) is 0 Å².